The fraction of sp³-hybridized carbons (Fsp3) is 0.200. The molecule has 0 atom stereocenters. The van der Waals surface area contributed by atoms with Crippen molar-refractivity contribution in [1.82, 2.24) is 4.90 Å². The molecule has 0 heterocycles. The third-order valence-corrected chi connectivity index (χ3v) is 3.72. The molecule has 0 amide bonds. The number of halogens is 2. The maximum absolute atomic E-state index is 13.2. The van der Waals surface area contributed by atoms with Crippen LogP contribution in [0.2, 0.25) is 0 Å². The summed E-state index contributed by atoms with van der Waals surface area (Å²) in [5, 5.41) is 0. The molecule has 2 aromatic carbocycles. The summed E-state index contributed by atoms with van der Waals surface area (Å²) in [6.07, 6.45) is 0. The van der Waals surface area contributed by atoms with Gasteiger partial charge >= 0.3 is 0 Å². The normalized spacial score (nSPS) is 10.9. The van der Waals surface area contributed by atoms with Crippen molar-refractivity contribution >= 4 is 21.6 Å². The Balaban J connectivity index is 2.07. The number of nitrogen functional groups attached to an aromatic ring is 1. The van der Waals surface area contributed by atoms with Gasteiger partial charge in [-0.15, -0.1) is 0 Å². The molecule has 0 spiro atoms. The summed E-state index contributed by atoms with van der Waals surface area (Å²) < 4.78 is 14.3. The Hall–Kier alpha value is -1.39. The van der Waals surface area contributed by atoms with Crippen molar-refractivity contribution in [1.29, 1.82) is 0 Å². The van der Waals surface area contributed by atoms with Gasteiger partial charge in [-0.2, -0.15) is 0 Å². The first-order chi connectivity index (χ1) is 9.06. The first-order valence-corrected chi connectivity index (χ1v) is 6.81. The van der Waals surface area contributed by atoms with Crippen LogP contribution in [-0.2, 0) is 13.1 Å². The fourth-order valence-electron chi connectivity index (χ4n) is 1.98. The lowest BCUT2D eigenvalue weighted by atomic mass is 10.1. The lowest BCUT2D eigenvalue weighted by molar-refractivity contribution is 0.318. The first kappa shape index (κ1) is 14.0. The molecule has 2 N–H and O–H groups in total. The summed E-state index contributed by atoms with van der Waals surface area (Å²) in [5.41, 5.74) is 8.49. The van der Waals surface area contributed by atoms with Gasteiger partial charge in [-0.05, 0) is 42.4 Å². The Morgan fingerprint density at radius 1 is 1.11 bits per heavy atom. The van der Waals surface area contributed by atoms with E-state index in [-0.39, 0.29) is 5.82 Å². The van der Waals surface area contributed by atoms with Crippen molar-refractivity contribution in [3.63, 3.8) is 0 Å². The predicted octanol–water partition coefficient (Wildman–Crippen LogP) is 3.80. The maximum Gasteiger partial charge on any atom is 0.123 e. The molecule has 0 saturated heterocycles. The van der Waals surface area contributed by atoms with Crippen molar-refractivity contribution in [3.8, 4) is 0 Å². The quantitative estimate of drug-likeness (QED) is 0.867. The van der Waals surface area contributed by atoms with Gasteiger partial charge in [0.15, 0.2) is 0 Å². The molecular formula is C15H16BrFN2. The van der Waals surface area contributed by atoms with Crippen LogP contribution in [0.1, 0.15) is 11.1 Å². The van der Waals surface area contributed by atoms with Crippen molar-refractivity contribution in [2.24, 2.45) is 0 Å². The highest BCUT2D eigenvalue weighted by molar-refractivity contribution is 9.10. The Bertz CT molecular complexity index is 572. The molecular weight excluding hydrogens is 307 g/mol. The highest BCUT2D eigenvalue weighted by Crippen LogP contribution is 2.20. The van der Waals surface area contributed by atoms with E-state index in [9.17, 15) is 4.39 Å². The summed E-state index contributed by atoms with van der Waals surface area (Å²) >= 11 is 3.52. The standard InChI is InChI=1S/C15H16BrFN2/c1-19(9-11-4-2-3-5-14(11)16)10-12-8-13(17)6-7-15(12)18/h2-8H,9-10,18H2,1H3. The third-order valence-electron chi connectivity index (χ3n) is 2.94. The minimum Gasteiger partial charge on any atom is -0.398 e. The number of benzene rings is 2. The van der Waals surface area contributed by atoms with Crippen molar-refractivity contribution < 1.29 is 4.39 Å². The van der Waals surface area contributed by atoms with Crippen molar-refractivity contribution in [2.45, 2.75) is 13.1 Å². The van der Waals surface area contributed by atoms with Crippen LogP contribution in [0.3, 0.4) is 0 Å². The van der Waals surface area contributed by atoms with E-state index >= 15 is 0 Å². The van der Waals surface area contributed by atoms with E-state index in [0.717, 1.165) is 16.6 Å². The molecule has 2 nitrogen and oxygen atoms in total. The number of anilines is 1. The molecule has 0 aromatic heterocycles. The van der Waals surface area contributed by atoms with Gasteiger partial charge in [0.2, 0.25) is 0 Å². The second kappa shape index (κ2) is 6.17. The van der Waals surface area contributed by atoms with Gasteiger partial charge < -0.3 is 5.73 Å². The Morgan fingerprint density at radius 3 is 2.53 bits per heavy atom. The highest BCUT2D eigenvalue weighted by Gasteiger charge is 2.07. The number of hydrogen-bond donors (Lipinski definition) is 1. The Morgan fingerprint density at radius 2 is 1.79 bits per heavy atom. The number of nitrogens with two attached hydrogens (primary N) is 1. The first-order valence-electron chi connectivity index (χ1n) is 6.02. The lowest BCUT2D eigenvalue weighted by Crippen LogP contribution is -2.18. The van der Waals surface area contributed by atoms with Crippen LogP contribution < -0.4 is 5.73 Å². The summed E-state index contributed by atoms with van der Waals surface area (Å²) in [5.74, 6) is -0.251. The summed E-state index contributed by atoms with van der Waals surface area (Å²) in [4.78, 5) is 2.10. The zero-order valence-electron chi connectivity index (χ0n) is 10.7. The van der Waals surface area contributed by atoms with Crippen LogP contribution in [0.15, 0.2) is 46.9 Å². The van der Waals surface area contributed by atoms with Gasteiger partial charge in [0.05, 0.1) is 0 Å². The van der Waals surface area contributed by atoms with E-state index in [1.807, 2.05) is 25.2 Å². The molecule has 0 fully saturated rings. The molecule has 0 aliphatic carbocycles. The molecule has 0 saturated carbocycles. The molecule has 4 heteroatoms. The van der Waals surface area contributed by atoms with E-state index in [1.54, 1.807) is 6.07 Å². The number of hydrogen-bond acceptors (Lipinski definition) is 2. The van der Waals surface area contributed by atoms with Crippen LogP contribution in [0.25, 0.3) is 0 Å². The molecule has 0 bridgehead atoms. The molecule has 100 valence electrons. The van der Waals surface area contributed by atoms with Crippen molar-refractivity contribution in [2.75, 3.05) is 12.8 Å². The highest BCUT2D eigenvalue weighted by atomic mass is 79.9. The average Bonchev–Trinajstić information content (AvgIpc) is 2.37. The van der Waals surface area contributed by atoms with Crippen LogP contribution in [0.4, 0.5) is 10.1 Å². The minimum absolute atomic E-state index is 0.251. The van der Waals surface area contributed by atoms with Crippen molar-refractivity contribution in [3.05, 3.63) is 63.9 Å². The molecule has 0 aliphatic rings. The zero-order valence-corrected chi connectivity index (χ0v) is 12.3. The topological polar surface area (TPSA) is 29.3 Å². The molecule has 0 radical (unpaired) electrons. The van der Waals surface area contributed by atoms with Gasteiger partial charge in [0.25, 0.3) is 0 Å². The molecule has 2 rings (SSSR count). The monoisotopic (exact) mass is 322 g/mol. The van der Waals surface area contributed by atoms with E-state index in [1.165, 1.54) is 17.7 Å². The molecule has 0 unspecified atom stereocenters. The van der Waals surface area contributed by atoms with Crippen LogP contribution in [0, 0.1) is 5.82 Å². The van der Waals surface area contributed by atoms with Gasteiger partial charge in [-0.3, -0.25) is 4.90 Å². The fourth-order valence-corrected chi connectivity index (χ4v) is 2.39. The van der Waals surface area contributed by atoms with E-state index in [0.29, 0.717) is 12.2 Å². The van der Waals surface area contributed by atoms with Gasteiger partial charge in [-0.1, -0.05) is 34.1 Å². The molecule has 2 aromatic rings. The summed E-state index contributed by atoms with van der Waals surface area (Å²) in [6, 6.07) is 12.5. The van der Waals surface area contributed by atoms with Gasteiger partial charge in [-0.25, -0.2) is 4.39 Å². The Kier molecular flexibility index (Phi) is 4.56. The second-order valence-electron chi connectivity index (χ2n) is 4.61. The number of nitrogens with zero attached hydrogens (tertiary/aromatic N) is 1. The molecule has 19 heavy (non-hydrogen) atoms. The summed E-state index contributed by atoms with van der Waals surface area (Å²) in [7, 11) is 1.99. The molecule has 0 aliphatic heterocycles. The maximum atomic E-state index is 13.2. The summed E-state index contributed by atoms with van der Waals surface area (Å²) in [6.45, 7) is 1.39. The SMILES string of the molecule is CN(Cc1cc(F)ccc1N)Cc1ccccc1Br. The van der Waals surface area contributed by atoms with Gasteiger partial charge in [0.1, 0.15) is 5.82 Å². The second-order valence-corrected chi connectivity index (χ2v) is 5.46. The minimum atomic E-state index is -0.251. The predicted molar refractivity (Wildman–Crippen MR) is 80.1 cm³/mol. The third kappa shape index (κ3) is 3.78. The smallest absolute Gasteiger partial charge is 0.123 e. The Labute approximate surface area is 121 Å². The largest absolute Gasteiger partial charge is 0.398 e. The van der Waals surface area contributed by atoms with E-state index in [2.05, 4.69) is 26.9 Å². The number of rotatable bonds is 4. The zero-order chi connectivity index (χ0) is 13.8. The van der Waals surface area contributed by atoms with E-state index < -0.39 is 0 Å². The average molecular weight is 323 g/mol. The van der Waals surface area contributed by atoms with E-state index in [4.69, 9.17) is 5.73 Å². The van der Waals surface area contributed by atoms with Crippen LogP contribution in [0.5, 0.6) is 0 Å². The lowest BCUT2D eigenvalue weighted by Gasteiger charge is -2.18. The van der Waals surface area contributed by atoms with Crippen LogP contribution in [-0.4, -0.2) is 11.9 Å². The van der Waals surface area contributed by atoms with Gasteiger partial charge in [0, 0.05) is 23.2 Å². The van der Waals surface area contributed by atoms with Crippen LogP contribution >= 0.6 is 15.9 Å².